The molecular formula is C41H56N6O8. The second-order valence-electron chi connectivity index (χ2n) is 14.7. The van der Waals surface area contributed by atoms with Gasteiger partial charge in [-0.3, -0.25) is 15.0 Å². The zero-order valence-corrected chi connectivity index (χ0v) is 32.7. The van der Waals surface area contributed by atoms with Crippen LogP contribution in [-0.4, -0.2) is 91.5 Å². The molecule has 298 valence electrons. The molecule has 3 aromatic rings. The maximum atomic E-state index is 14.1. The van der Waals surface area contributed by atoms with Crippen LogP contribution >= 0.6 is 0 Å². The van der Waals surface area contributed by atoms with E-state index in [1.165, 1.54) is 14.2 Å². The van der Waals surface area contributed by atoms with Crippen molar-refractivity contribution in [3.63, 3.8) is 0 Å². The number of benzene rings is 2. The molecule has 4 rings (SSSR count). The van der Waals surface area contributed by atoms with Gasteiger partial charge >= 0.3 is 18.2 Å². The smallest absolute Gasteiger partial charge is 0.407 e. The zero-order chi connectivity index (χ0) is 39.9. The second kappa shape index (κ2) is 21.0. The Hall–Kier alpha value is -5.24. The van der Waals surface area contributed by atoms with E-state index in [1.807, 2.05) is 62.4 Å². The van der Waals surface area contributed by atoms with Crippen LogP contribution in [0.3, 0.4) is 0 Å². The molecule has 4 atom stereocenters. The summed E-state index contributed by atoms with van der Waals surface area (Å²) in [5, 5.41) is 10.9. The second-order valence-corrected chi connectivity index (χ2v) is 14.7. The number of methoxy groups -OCH3 is 2. The van der Waals surface area contributed by atoms with Gasteiger partial charge in [0, 0.05) is 11.9 Å². The number of carbonyl (C=O) groups excluding carboxylic acids is 5. The number of pyridine rings is 1. The third-order valence-electron chi connectivity index (χ3n) is 9.83. The first-order chi connectivity index (χ1) is 26.4. The standard InChI is InChI=1S/C41H56N6O8/c1-26(2)35(44-40(51)53-5)37(48)43-33(23-28-15-9-7-10-16-28)34(55-39(50)32-22-21-30-19-13-14-20-31(30)42-32)25-47(24-29-17-11-8-12-18-29)46-38(49)36(27(3)4)45-41(52)54-6/h7,9-10,13-16,19-22,26-27,29,33-36H,8,11-12,17-18,23-25H2,1-6H3,(H,43,48)(H,44,51)(H,45,52)(H,46,49)/t33-,34-,35-,36-/m0/s1. The summed E-state index contributed by atoms with van der Waals surface area (Å²) in [6, 6.07) is 17.5. The Labute approximate surface area is 323 Å². The van der Waals surface area contributed by atoms with E-state index in [2.05, 4.69) is 26.4 Å². The number of ether oxygens (including phenoxy) is 3. The molecule has 1 aliphatic carbocycles. The van der Waals surface area contributed by atoms with Crippen LogP contribution < -0.4 is 21.4 Å². The molecule has 4 N–H and O–H groups in total. The van der Waals surface area contributed by atoms with Crippen LogP contribution in [0.5, 0.6) is 0 Å². The van der Waals surface area contributed by atoms with E-state index < -0.39 is 54.2 Å². The van der Waals surface area contributed by atoms with Crippen molar-refractivity contribution in [2.45, 2.75) is 90.4 Å². The van der Waals surface area contributed by atoms with Gasteiger partial charge in [0.15, 0.2) is 0 Å². The molecule has 1 heterocycles. The van der Waals surface area contributed by atoms with Gasteiger partial charge < -0.3 is 30.2 Å². The first-order valence-electron chi connectivity index (χ1n) is 19.0. The molecule has 55 heavy (non-hydrogen) atoms. The van der Waals surface area contributed by atoms with Crippen LogP contribution in [0.4, 0.5) is 9.59 Å². The lowest BCUT2D eigenvalue weighted by Gasteiger charge is -2.36. The molecule has 2 aromatic carbocycles. The van der Waals surface area contributed by atoms with Crippen LogP contribution in [0.1, 0.15) is 75.9 Å². The average molecular weight is 761 g/mol. The number of para-hydroxylation sites is 1. The maximum Gasteiger partial charge on any atom is 0.407 e. The van der Waals surface area contributed by atoms with Crippen molar-refractivity contribution in [2.75, 3.05) is 27.3 Å². The maximum absolute atomic E-state index is 14.1. The summed E-state index contributed by atoms with van der Waals surface area (Å²) >= 11 is 0. The predicted octanol–water partition coefficient (Wildman–Crippen LogP) is 5.16. The van der Waals surface area contributed by atoms with Crippen molar-refractivity contribution in [3.05, 3.63) is 78.0 Å². The van der Waals surface area contributed by atoms with Gasteiger partial charge in [-0.15, -0.1) is 0 Å². The van der Waals surface area contributed by atoms with E-state index in [9.17, 15) is 24.0 Å². The summed E-state index contributed by atoms with van der Waals surface area (Å²) in [6.07, 6.45) is 2.81. The Morgan fingerprint density at radius 2 is 1.35 bits per heavy atom. The number of carbonyl (C=O) groups is 5. The number of nitrogens with zero attached hydrogens (tertiary/aromatic N) is 2. The molecule has 0 unspecified atom stereocenters. The van der Waals surface area contributed by atoms with E-state index in [-0.39, 0.29) is 36.4 Å². The SMILES string of the molecule is COC(=O)N[C@H](C(=O)N[C@@H](Cc1ccccc1)[C@H](CN(CC1CCCCC1)NC(=O)[C@@H](NC(=O)OC)C(C)C)OC(=O)c1ccc2ccccc2n1)C(C)C. The van der Waals surface area contributed by atoms with Gasteiger partial charge in [0.2, 0.25) is 5.91 Å². The fraction of sp³-hybridized carbons (Fsp3) is 0.512. The topological polar surface area (TPSA) is 177 Å². The molecular weight excluding hydrogens is 704 g/mol. The van der Waals surface area contributed by atoms with E-state index in [0.717, 1.165) is 43.1 Å². The van der Waals surface area contributed by atoms with Gasteiger partial charge in [0.1, 0.15) is 23.9 Å². The van der Waals surface area contributed by atoms with Gasteiger partial charge in [-0.1, -0.05) is 102 Å². The van der Waals surface area contributed by atoms with Crippen LogP contribution in [0.25, 0.3) is 10.9 Å². The fourth-order valence-electron chi connectivity index (χ4n) is 6.77. The molecule has 0 aliphatic heterocycles. The highest BCUT2D eigenvalue weighted by Crippen LogP contribution is 2.25. The van der Waals surface area contributed by atoms with E-state index in [4.69, 9.17) is 14.2 Å². The summed E-state index contributed by atoms with van der Waals surface area (Å²) in [5.74, 6) is -2.07. The molecule has 1 fully saturated rings. The van der Waals surface area contributed by atoms with Crippen LogP contribution in [0.15, 0.2) is 66.7 Å². The molecule has 1 aliphatic rings. The third-order valence-corrected chi connectivity index (χ3v) is 9.83. The van der Waals surface area contributed by atoms with Crippen molar-refractivity contribution < 1.29 is 38.2 Å². The first kappa shape index (κ1) is 42.5. The lowest BCUT2D eigenvalue weighted by atomic mass is 9.89. The minimum atomic E-state index is -1.05. The summed E-state index contributed by atoms with van der Waals surface area (Å²) < 4.78 is 15.9. The molecule has 0 spiro atoms. The van der Waals surface area contributed by atoms with Crippen molar-refractivity contribution in [2.24, 2.45) is 17.8 Å². The Morgan fingerprint density at radius 3 is 1.96 bits per heavy atom. The normalized spacial score (nSPS) is 15.4. The number of alkyl carbamates (subject to hydrolysis) is 2. The van der Waals surface area contributed by atoms with Gasteiger partial charge in [0.25, 0.3) is 5.91 Å². The monoisotopic (exact) mass is 760 g/mol. The predicted molar refractivity (Wildman–Crippen MR) is 208 cm³/mol. The van der Waals surface area contributed by atoms with Crippen molar-refractivity contribution in [1.29, 1.82) is 0 Å². The first-order valence-corrected chi connectivity index (χ1v) is 19.0. The largest absolute Gasteiger partial charge is 0.454 e. The quantitative estimate of drug-likeness (QED) is 0.0817. The number of fused-ring (bicyclic) bond motifs is 1. The summed E-state index contributed by atoms with van der Waals surface area (Å²) in [6.45, 7) is 7.62. The van der Waals surface area contributed by atoms with Crippen molar-refractivity contribution in [1.82, 2.24) is 31.4 Å². The highest BCUT2D eigenvalue weighted by Gasteiger charge is 2.35. The Morgan fingerprint density at radius 1 is 0.745 bits per heavy atom. The van der Waals surface area contributed by atoms with Crippen LogP contribution in [0.2, 0.25) is 0 Å². The molecule has 0 saturated heterocycles. The molecule has 0 radical (unpaired) electrons. The van der Waals surface area contributed by atoms with E-state index in [1.54, 1.807) is 37.1 Å². The van der Waals surface area contributed by atoms with Gasteiger partial charge in [-0.05, 0) is 54.7 Å². The number of hydrazine groups is 1. The lowest BCUT2D eigenvalue weighted by molar-refractivity contribution is -0.131. The molecule has 4 amide bonds. The number of hydrogen-bond donors (Lipinski definition) is 4. The molecule has 1 saturated carbocycles. The zero-order valence-electron chi connectivity index (χ0n) is 32.7. The summed E-state index contributed by atoms with van der Waals surface area (Å²) in [5.41, 5.74) is 4.56. The Balaban J connectivity index is 1.76. The van der Waals surface area contributed by atoms with E-state index >= 15 is 0 Å². The lowest BCUT2D eigenvalue weighted by Crippen LogP contribution is -2.60. The van der Waals surface area contributed by atoms with Crippen molar-refractivity contribution >= 4 is 40.9 Å². The third kappa shape index (κ3) is 12.9. The molecule has 14 nitrogen and oxygen atoms in total. The van der Waals surface area contributed by atoms with Crippen LogP contribution in [0, 0.1) is 17.8 Å². The fourth-order valence-corrected chi connectivity index (χ4v) is 6.77. The van der Waals surface area contributed by atoms with Gasteiger partial charge in [0.05, 0.1) is 32.3 Å². The molecule has 1 aromatic heterocycles. The number of rotatable bonds is 17. The van der Waals surface area contributed by atoms with Gasteiger partial charge in [-0.25, -0.2) is 24.4 Å². The highest BCUT2D eigenvalue weighted by atomic mass is 16.6. The van der Waals surface area contributed by atoms with Crippen molar-refractivity contribution in [3.8, 4) is 0 Å². The Bertz CT molecular complexity index is 1730. The summed E-state index contributed by atoms with van der Waals surface area (Å²) in [7, 11) is 2.45. The number of aromatic nitrogens is 1. The van der Waals surface area contributed by atoms with Gasteiger partial charge in [-0.2, -0.15) is 0 Å². The minimum absolute atomic E-state index is 0.0286. The summed E-state index contributed by atoms with van der Waals surface area (Å²) in [4.78, 5) is 71.1. The highest BCUT2D eigenvalue weighted by molar-refractivity contribution is 5.91. The number of amides is 4. The minimum Gasteiger partial charge on any atom is -0.454 e. The number of hydrogen-bond acceptors (Lipinski definition) is 10. The molecule has 14 heteroatoms. The Kier molecular flexibility index (Phi) is 16.2. The average Bonchev–Trinajstić information content (AvgIpc) is 3.18. The molecule has 0 bridgehead atoms. The van der Waals surface area contributed by atoms with E-state index in [0.29, 0.717) is 12.1 Å². The number of nitrogens with one attached hydrogen (secondary N) is 4. The number of esters is 1. The van der Waals surface area contributed by atoms with Crippen LogP contribution in [-0.2, 0) is 30.2 Å².